The van der Waals surface area contributed by atoms with Crippen molar-refractivity contribution in [2.24, 2.45) is 0 Å². The van der Waals surface area contributed by atoms with Crippen LogP contribution in [-0.2, 0) is 20.5 Å². The van der Waals surface area contributed by atoms with E-state index in [0.29, 0.717) is 12.8 Å². The van der Waals surface area contributed by atoms with E-state index in [2.05, 4.69) is 16.1 Å². The highest BCUT2D eigenvalue weighted by Gasteiger charge is 2.23. The number of alkyl carbamates (subject to hydrolysis) is 1. The van der Waals surface area contributed by atoms with Gasteiger partial charge in [-0.15, -0.1) is 0 Å². The molecule has 3 N–H and O–H groups in total. The molecule has 0 saturated carbocycles. The third-order valence-corrected chi connectivity index (χ3v) is 4.72. The average Bonchev–Trinajstić information content (AvgIpc) is 2.51. The molecule has 188 valence electrons. The first-order chi connectivity index (χ1) is 12.7. The van der Waals surface area contributed by atoms with Gasteiger partial charge in [0.1, 0.15) is 17.7 Å². The highest BCUT2D eigenvalue weighted by atomic mass is 32.2. The maximum absolute atomic E-state index is 11.6. The second-order valence-corrected chi connectivity index (χ2v) is 10.3. The quantitative estimate of drug-likeness (QED) is 0.445. The molecule has 0 aromatic heterocycles. The van der Waals surface area contributed by atoms with Crippen molar-refractivity contribution < 1.29 is 23.6 Å². The van der Waals surface area contributed by atoms with Crippen molar-refractivity contribution in [2.45, 2.75) is 104 Å². The van der Waals surface area contributed by atoms with E-state index in [9.17, 15) is 13.8 Å². The minimum atomic E-state index is -1.14. The predicted molar refractivity (Wildman–Crippen MR) is 142 cm³/mol. The summed E-state index contributed by atoms with van der Waals surface area (Å²) in [6.45, 7) is 14.7. The zero-order valence-corrected chi connectivity index (χ0v) is 23.7. The lowest BCUT2D eigenvalue weighted by Gasteiger charge is -2.21. The minimum Gasteiger partial charge on any atom is -0.480 e. The Morgan fingerprint density at radius 1 is 1.03 bits per heavy atom. The SMILES string of the molecule is CCC[C@@H](C#N)N[S@@](=O)C(C)(C)C.CCC[C@H](NC(=O)OC(C)(C)C)C(=O)O.S.S.S. The van der Waals surface area contributed by atoms with E-state index in [1.54, 1.807) is 20.8 Å². The highest BCUT2D eigenvalue weighted by molar-refractivity contribution is 7.84. The van der Waals surface area contributed by atoms with Crippen molar-refractivity contribution in [1.82, 2.24) is 10.0 Å². The molecular weight excluding hydrogens is 478 g/mol. The number of hydrogen-bond donors (Lipinski definition) is 3. The molecule has 12 heteroatoms. The molecular formula is C19H43N3O5S4. The predicted octanol–water partition coefficient (Wildman–Crippen LogP) is 3.83. The molecule has 3 atom stereocenters. The molecule has 1 amide bonds. The fraction of sp³-hybridized carbons (Fsp3) is 0.842. The van der Waals surface area contributed by atoms with Crippen LogP contribution in [0, 0.1) is 11.3 Å². The second-order valence-electron chi connectivity index (χ2n) is 8.30. The van der Waals surface area contributed by atoms with Gasteiger partial charge < -0.3 is 15.2 Å². The van der Waals surface area contributed by atoms with Gasteiger partial charge in [-0.2, -0.15) is 45.7 Å². The first-order valence-corrected chi connectivity index (χ1v) is 10.6. The summed E-state index contributed by atoms with van der Waals surface area (Å²) in [5.74, 6) is -1.04. The molecule has 0 aliphatic rings. The van der Waals surface area contributed by atoms with Gasteiger partial charge in [0.2, 0.25) is 0 Å². The summed E-state index contributed by atoms with van der Waals surface area (Å²) in [4.78, 5) is 22.0. The highest BCUT2D eigenvalue weighted by Crippen LogP contribution is 2.10. The Morgan fingerprint density at radius 3 is 1.77 bits per heavy atom. The van der Waals surface area contributed by atoms with Crippen LogP contribution in [0.15, 0.2) is 0 Å². The van der Waals surface area contributed by atoms with Crippen LogP contribution >= 0.6 is 40.5 Å². The van der Waals surface area contributed by atoms with E-state index < -0.39 is 34.7 Å². The lowest BCUT2D eigenvalue weighted by Crippen LogP contribution is -2.43. The number of carboxylic acid groups (broad SMARTS) is 1. The molecule has 0 spiro atoms. The summed E-state index contributed by atoms with van der Waals surface area (Å²) in [6, 6.07) is 0.944. The van der Waals surface area contributed by atoms with Gasteiger partial charge in [-0.25, -0.2) is 18.5 Å². The number of nitriles is 1. The van der Waals surface area contributed by atoms with Crippen LogP contribution < -0.4 is 10.0 Å². The normalized spacial score (nSPS) is 13.1. The molecule has 31 heavy (non-hydrogen) atoms. The fourth-order valence-corrected chi connectivity index (χ4v) is 2.52. The van der Waals surface area contributed by atoms with Gasteiger partial charge >= 0.3 is 12.1 Å². The van der Waals surface area contributed by atoms with Gasteiger partial charge in [0.15, 0.2) is 0 Å². The summed E-state index contributed by atoms with van der Waals surface area (Å²) in [5.41, 5.74) is -0.612. The third-order valence-electron chi connectivity index (χ3n) is 3.11. The van der Waals surface area contributed by atoms with E-state index in [0.717, 1.165) is 12.8 Å². The van der Waals surface area contributed by atoms with E-state index in [-0.39, 0.29) is 51.3 Å². The Bertz CT molecular complexity index is 558. The van der Waals surface area contributed by atoms with E-state index in [1.165, 1.54) is 0 Å². The van der Waals surface area contributed by atoms with Gasteiger partial charge in [0.05, 0.1) is 21.8 Å². The zero-order valence-electron chi connectivity index (χ0n) is 19.9. The molecule has 0 unspecified atom stereocenters. The third kappa shape index (κ3) is 23.9. The van der Waals surface area contributed by atoms with Gasteiger partial charge in [0, 0.05) is 0 Å². The first kappa shape index (κ1) is 40.7. The largest absolute Gasteiger partial charge is 0.480 e. The van der Waals surface area contributed by atoms with Crippen molar-refractivity contribution in [3.63, 3.8) is 0 Å². The summed E-state index contributed by atoms with van der Waals surface area (Å²) < 4.78 is 19.0. The Labute approximate surface area is 211 Å². The second kappa shape index (κ2) is 20.0. The number of carbonyl (C=O) groups excluding carboxylic acids is 1. The van der Waals surface area contributed by atoms with Gasteiger partial charge in [-0.05, 0) is 54.4 Å². The van der Waals surface area contributed by atoms with Crippen LogP contribution in [0.1, 0.15) is 81.1 Å². The molecule has 0 aromatic carbocycles. The number of carboxylic acids is 1. The van der Waals surface area contributed by atoms with Crippen LogP contribution in [0.5, 0.6) is 0 Å². The molecule has 0 saturated heterocycles. The van der Waals surface area contributed by atoms with Crippen LogP contribution in [0.25, 0.3) is 0 Å². The van der Waals surface area contributed by atoms with Gasteiger partial charge in [0.25, 0.3) is 0 Å². The molecule has 0 heterocycles. The lowest BCUT2D eigenvalue weighted by molar-refractivity contribution is -0.139. The van der Waals surface area contributed by atoms with Crippen LogP contribution in [0.3, 0.4) is 0 Å². The molecule has 0 rings (SSSR count). The van der Waals surface area contributed by atoms with E-state index >= 15 is 0 Å². The molecule has 8 nitrogen and oxygen atoms in total. The number of aliphatic carboxylic acids is 1. The molecule has 0 aliphatic carbocycles. The Hall–Kier alpha value is -0.610. The molecule has 0 aliphatic heterocycles. The van der Waals surface area contributed by atoms with Crippen LogP contribution in [-0.4, -0.2) is 43.8 Å². The summed E-state index contributed by atoms with van der Waals surface area (Å²) >= 11 is 0. The Kier molecular flexibility index (Phi) is 26.3. The van der Waals surface area contributed by atoms with Gasteiger partial charge in [-0.3, -0.25) is 0 Å². The topological polar surface area (TPSA) is 129 Å². The van der Waals surface area contributed by atoms with E-state index in [4.69, 9.17) is 15.1 Å². The van der Waals surface area contributed by atoms with Crippen molar-refractivity contribution in [3.8, 4) is 6.07 Å². The molecule has 0 radical (unpaired) electrons. The number of ether oxygens (including phenoxy) is 1. The molecule has 0 aromatic rings. The first-order valence-electron chi connectivity index (χ1n) is 9.47. The summed E-state index contributed by atoms with van der Waals surface area (Å²) in [5, 5.41) is 19.8. The monoisotopic (exact) mass is 521 g/mol. The molecule has 0 fully saturated rings. The number of nitrogens with one attached hydrogen (secondary N) is 2. The summed E-state index contributed by atoms with van der Waals surface area (Å²) in [6.07, 6.45) is 2.06. The maximum atomic E-state index is 11.6. The minimum absolute atomic E-state index is 0. The fourth-order valence-electron chi connectivity index (χ4n) is 1.74. The van der Waals surface area contributed by atoms with Crippen molar-refractivity contribution in [2.75, 3.05) is 0 Å². The number of amides is 1. The standard InChI is InChI=1S/C10H19NO4.C9H18N2OS.3H2S/c1-5-6-7(8(12)13)11-9(14)15-10(2,3)4;1-5-6-8(7-10)11-13(12)9(2,3)4;;;/h7H,5-6H2,1-4H3,(H,11,14)(H,12,13);8,11H,5-6H2,1-4H3;3*1H2/t7-;8-,13-;;;/m00.../s1. The number of hydrogen-bond acceptors (Lipinski definition) is 5. The average molecular weight is 522 g/mol. The Balaban J connectivity index is -0.000000134. The maximum Gasteiger partial charge on any atom is 0.408 e. The van der Waals surface area contributed by atoms with Crippen molar-refractivity contribution >= 4 is 63.5 Å². The number of rotatable bonds is 8. The Morgan fingerprint density at radius 2 is 1.48 bits per heavy atom. The number of nitrogens with zero attached hydrogens (tertiary/aromatic N) is 1. The van der Waals surface area contributed by atoms with E-state index in [1.807, 2.05) is 34.6 Å². The molecule has 0 bridgehead atoms. The van der Waals surface area contributed by atoms with Crippen LogP contribution in [0.4, 0.5) is 4.79 Å². The number of carbonyl (C=O) groups is 2. The van der Waals surface area contributed by atoms with Crippen molar-refractivity contribution in [1.29, 1.82) is 5.26 Å². The zero-order chi connectivity index (χ0) is 22.5. The lowest BCUT2D eigenvalue weighted by atomic mass is 10.2. The van der Waals surface area contributed by atoms with Gasteiger partial charge in [-0.1, -0.05) is 26.7 Å². The van der Waals surface area contributed by atoms with Crippen molar-refractivity contribution in [3.05, 3.63) is 0 Å². The summed E-state index contributed by atoms with van der Waals surface area (Å²) in [7, 11) is -1.14. The van der Waals surface area contributed by atoms with Crippen LogP contribution in [0.2, 0.25) is 0 Å². The smallest absolute Gasteiger partial charge is 0.408 e.